The number of hydrogen-bond acceptors (Lipinski definition) is 3. The second kappa shape index (κ2) is 2.59. The fourth-order valence-electron chi connectivity index (χ4n) is 0.0356. The van der Waals surface area contributed by atoms with Crippen LogP contribution in [0.1, 0.15) is 0 Å². The van der Waals surface area contributed by atoms with E-state index in [9.17, 15) is 4.79 Å². The molecular formula is C2HO3S. The minimum absolute atomic E-state index is 1.43. The Morgan fingerprint density at radius 3 is 2.50 bits per heavy atom. The Labute approximate surface area is 39.5 Å². The summed E-state index contributed by atoms with van der Waals surface area (Å²) in [5.41, 5.74) is 1.55. The van der Waals surface area contributed by atoms with Crippen molar-refractivity contribution < 1.29 is 14.6 Å². The van der Waals surface area contributed by atoms with Crippen LogP contribution in [0.25, 0.3) is 0 Å². The van der Waals surface area contributed by atoms with Gasteiger partial charge in [-0.1, -0.05) is 0 Å². The molecule has 0 saturated heterocycles. The Morgan fingerprint density at radius 1 is 2.00 bits per heavy atom. The van der Waals surface area contributed by atoms with Gasteiger partial charge in [-0.3, -0.25) is 0 Å². The van der Waals surface area contributed by atoms with Crippen LogP contribution in [0.4, 0.5) is 4.79 Å². The molecule has 0 heterocycles. The molecule has 1 N–H and O–H groups in total. The smallest absolute Gasteiger partial charge is 0.449 e. The van der Waals surface area contributed by atoms with E-state index >= 15 is 0 Å². The monoisotopic (exact) mass is 105 g/mol. The van der Waals surface area contributed by atoms with E-state index in [4.69, 9.17) is 5.11 Å². The molecule has 0 unspecified atom stereocenters. The number of hydrogen-bond donors (Lipinski definition) is 1. The average Bonchev–Trinajstić information content (AvgIpc) is 1.35. The molecule has 0 bridgehead atoms. The minimum Gasteiger partial charge on any atom is -0.449 e. The third-order valence-electron chi connectivity index (χ3n) is 0.129. The first-order valence-electron chi connectivity index (χ1n) is 1.04. The van der Waals surface area contributed by atoms with E-state index in [0.29, 0.717) is 0 Å². The largest absolute Gasteiger partial charge is 0.512 e. The van der Waals surface area contributed by atoms with Gasteiger partial charge in [0, 0.05) is 0 Å². The van der Waals surface area contributed by atoms with Crippen LogP contribution in [0, 0.1) is 0 Å². The molecule has 0 spiro atoms. The number of carboxylic acid groups (broad SMARTS) is 1. The second-order valence-corrected chi connectivity index (χ2v) is 0.618. The zero-order chi connectivity index (χ0) is 4.99. The lowest BCUT2D eigenvalue weighted by Gasteiger charge is -1.77. The van der Waals surface area contributed by atoms with Gasteiger partial charge in [-0.05, 0) is 12.2 Å². The molecular weight excluding hydrogens is 104 g/mol. The van der Waals surface area contributed by atoms with E-state index < -0.39 is 6.16 Å². The molecule has 0 aromatic rings. The molecule has 0 fully saturated rings. The lowest BCUT2D eigenvalue weighted by Crippen LogP contribution is -1.94. The Kier molecular flexibility index (Phi) is 2.31. The van der Waals surface area contributed by atoms with Crippen LogP contribution in [0.5, 0.6) is 0 Å². The summed E-state index contributed by atoms with van der Waals surface area (Å²) in [6.07, 6.45) is -1.43. The Morgan fingerprint density at radius 2 is 2.50 bits per heavy atom. The molecule has 6 heavy (non-hydrogen) atoms. The summed E-state index contributed by atoms with van der Waals surface area (Å²) in [4.78, 5) is 9.25. The topological polar surface area (TPSA) is 46.5 Å². The molecule has 3 nitrogen and oxygen atoms in total. The van der Waals surface area contributed by atoms with Crippen molar-refractivity contribution in [2.75, 3.05) is 0 Å². The van der Waals surface area contributed by atoms with Gasteiger partial charge in [0.15, 0.2) is 0 Å². The molecule has 0 aliphatic heterocycles. The zero-order valence-electron chi connectivity index (χ0n) is 2.67. The number of ether oxygens (including phenoxy) is 1. The van der Waals surface area contributed by atoms with Crippen LogP contribution in [-0.4, -0.2) is 16.8 Å². The first-order valence-corrected chi connectivity index (χ1v) is 1.45. The lowest BCUT2D eigenvalue weighted by atomic mass is 11.4. The summed E-state index contributed by atoms with van der Waals surface area (Å²) in [6.45, 7) is 0. The van der Waals surface area contributed by atoms with Crippen molar-refractivity contribution in [1.29, 1.82) is 0 Å². The quantitative estimate of drug-likeness (QED) is 0.390. The van der Waals surface area contributed by atoms with Gasteiger partial charge < -0.3 is 9.84 Å². The second-order valence-electron chi connectivity index (χ2n) is 0.451. The predicted molar refractivity (Wildman–Crippen MR) is 21.7 cm³/mol. The highest BCUT2D eigenvalue weighted by atomic mass is 32.1. The summed E-state index contributed by atoms with van der Waals surface area (Å²) in [5.74, 6) is 0. The molecule has 0 aromatic heterocycles. The Bertz CT molecular complexity index is 69.2. The minimum atomic E-state index is -1.43. The van der Waals surface area contributed by atoms with Crippen LogP contribution in [0.15, 0.2) is 0 Å². The predicted octanol–water partition coefficient (Wildman–Crippen LogP) is 0.515. The van der Waals surface area contributed by atoms with E-state index in [1.807, 2.05) is 0 Å². The maximum Gasteiger partial charge on any atom is 0.512 e. The molecule has 4 heteroatoms. The highest BCUT2D eigenvalue weighted by molar-refractivity contribution is 7.78. The maximum atomic E-state index is 9.25. The van der Waals surface area contributed by atoms with Gasteiger partial charge in [0.25, 0.3) is 5.55 Å². The van der Waals surface area contributed by atoms with Gasteiger partial charge >= 0.3 is 6.16 Å². The van der Waals surface area contributed by atoms with Crippen molar-refractivity contribution in [3.8, 4) is 0 Å². The van der Waals surface area contributed by atoms with E-state index in [-0.39, 0.29) is 0 Å². The van der Waals surface area contributed by atoms with E-state index in [0.717, 1.165) is 0 Å². The van der Waals surface area contributed by atoms with Gasteiger partial charge in [-0.2, -0.15) is 0 Å². The summed E-state index contributed by atoms with van der Waals surface area (Å²) in [6, 6.07) is 0. The molecule has 0 aromatic carbocycles. The fraction of sp³-hybridized carbons (Fsp3) is 0. The molecule has 33 valence electrons. The number of rotatable bonds is 1. The lowest BCUT2D eigenvalue weighted by molar-refractivity contribution is 0.144. The first kappa shape index (κ1) is 5.36. The molecule has 0 amide bonds. The van der Waals surface area contributed by atoms with Gasteiger partial charge in [0.1, 0.15) is 0 Å². The van der Waals surface area contributed by atoms with E-state index in [1.165, 1.54) is 0 Å². The van der Waals surface area contributed by atoms with Gasteiger partial charge in [0.05, 0.1) is 0 Å². The average molecular weight is 105 g/mol. The Balaban J connectivity index is 3.05. The molecule has 0 aliphatic carbocycles. The molecule has 0 atom stereocenters. The zero-order valence-corrected chi connectivity index (χ0v) is 3.49. The van der Waals surface area contributed by atoms with Crippen LogP contribution in [0.2, 0.25) is 0 Å². The van der Waals surface area contributed by atoms with Crippen molar-refractivity contribution in [2.24, 2.45) is 0 Å². The fourth-order valence-corrected chi connectivity index (χ4v) is 0.107. The molecule has 1 radical (unpaired) electrons. The van der Waals surface area contributed by atoms with Crippen LogP contribution < -0.4 is 0 Å². The molecule has 0 aliphatic rings. The molecule has 0 rings (SSSR count). The van der Waals surface area contributed by atoms with Crippen molar-refractivity contribution >= 4 is 23.9 Å². The van der Waals surface area contributed by atoms with Crippen molar-refractivity contribution in [2.45, 2.75) is 0 Å². The van der Waals surface area contributed by atoms with Crippen molar-refractivity contribution in [3.05, 3.63) is 0 Å². The van der Waals surface area contributed by atoms with Gasteiger partial charge in [0.2, 0.25) is 0 Å². The maximum absolute atomic E-state index is 9.25. The Hall–Kier alpha value is -0.640. The SMILES string of the molecule is O=C(O)O[C]=S. The van der Waals surface area contributed by atoms with Crippen molar-refractivity contribution in [3.63, 3.8) is 0 Å². The first-order chi connectivity index (χ1) is 2.77. The number of thiocarbonyl (C=S) groups is 1. The van der Waals surface area contributed by atoms with Crippen molar-refractivity contribution in [1.82, 2.24) is 0 Å². The third-order valence-corrected chi connectivity index (χ3v) is 0.212. The van der Waals surface area contributed by atoms with E-state index in [2.05, 4.69) is 17.0 Å². The summed E-state index contributed by atoms with van der Waals surface area (Å²) >= 11 is 3.88. The van der Waals surface area contributed by atoms with Crippen LogP contribution in [0.3, 0.4) is 0 Å². The highest BCUT2D eigenvalue weighted by Crippen LogP contribution is 1.65. The van der Waals surface area contributed by atoms with Crippen LogP contribution in [-0.2, 0) is 4.74 Å². The van der Waals surface area contributed by atoms with Gasteiger partial charge in [-0.15, -0.1) is 0 Å². The summed E-state index contributed by atoms with van der Waals surface area (Å²) in [5, 5.41) is 7.56. The summed E-state index contributed by atoms with van der Waals surface area (Å²) < 4.78 is 3.52. The van der Waals surface area contributed by atoms with E-state index in [1.54, 1.807) is 5.55 Å². The third kappa shape index (κ3) is 3.36. The van der Waals surface area contributed by atoms with Crippen LogP contribution >= 0.6 is 12.2 Å². The molecule has 0 saturated carbocycles. The normalized spacial score (nSPS) is 6.67. The van der Waals surface area contributed by atoms with Gasteiger partial charge in [-0.25, -0.2) is 4.79 Å². The number of carbonyl (C=O) groups is 1. The standard InChI is InChI=1S/C2HO3S/c3-2(4)5-1-6/h(H,3,4). The highest BCUT2D eigenvalue weighted by Gasteiger charge is 1.86. The summed E-state index contributed by atoms with van der Waals surface area (Å²) in [7, 11) is 0.